The first-order valence-corrected chi connectivity index (χ1v) is 7.32. The van der Waals surface area contributed by atoms with Gasteiger partial charge in [0.05, 0.1) is 6.26 Å². The largest absolute Gasteiger partial charge is 0.216 e. The van der Waals surface area contributed by atoms with Crippen molar-refractivity contribution in [2.24, 2.45) is 0 Å². The van der Waals surface area contributed by atoms with E-state index in [9.17, 15) is 8.42 Å². The van der Waals surface area contributed by atoms with Crippen LogP contribution >= 0.6 is 38.5 Å². The van der Waals surface area contributed by atoms with E-state index in [0.717, 1.165) is 14.3 Å². The van der Waals surface area contributed by atoms with E-state index >= 15 is 0 Å². The van der Waals surface area contributed by atoms with Crippen LogP contribution in [-0.2, 0) is 9.84 Å². The molecule has 2 nitrogen and oxygen atoms in total. The van der Waals surface area contributed by atoms with E-state index in [-0.39, 0.29) is 0 Å². The average Bonchev–Trinajstić information content (AvgIpc) is 1.97. The van der Waals surface area contributed by atoms with Gasteiger partial charge >= 0.3 is 0 Å². The van der Waals surface area contributed by atoms with Gasteiger partial charge in [-0.05, 0) is 46.7 Å². The number of hydrogen-bond donors (Lipinski definition) is 0. The third-order valence-corrected chi connectivity index (χ3v) is 2.80. The predicted molar refractivity (Wildman–Crippen MR) is 68.6 cm³/mol. The van der Waals surface area contributed by atoms with Crippen molar-refractivity contribution in [1.29, 1.82) is 0 Å². The fraction of sp³-hybridized carbons (Fsp3) is 0.111. The topological polar surface area (TPSA) is 34.1 Å². The normalized spacial score (nSPS) is 10.5. The summed E-state index contributed by atoms with van der Waals surface area (Å²) in [5.74, 6) is 2.59. The molecule has 0 heterocycles. The van der Waals surface area contributed by atoms with Crippen molar-refractivity contribution < 1.29 is 8.42 Å². The van der Waals surface area contributed by atoms with E-state index < -0.39 is 9.84 Å². The van der Waals surface area contributed by atoms with Crippen LogP contribution < -0.4 is 0 Å². The fourth-order valence-electron chi connectivity index (χ4n) is 0.778. The van der Waals surface area contributed by atoms with E-state index in [1.165, 1.54) is 0 Å². The standard InChI is InChI=1S/C9H6BrIO2S/c1-14(12,13)3-2-7-4-8(10)6-9(11)5-7/h4-6H,1H3. The van der Waals surface area contributed by atoms with Crippen molar-refractivity contribution in [2.75, 3.05) is 6.26 Å². The summed E-state index contributed by atoms with van der Waals surface area (Å²) in [4.78, 5) is 0. The summed E-state index contributed by atoms with van der Waals surface area (Å²) >= 11 is 5.46. The zero-order valence-electron chi connectivity index (χ0n) is 7.21. The first-order chi connectivity index (χ1) is 6.37. The second kappa shape index (κ2) is 4.64. The Bertz CT molecular complexity index is 491. The highest BCUT2D eigenvalue weighted by atomic mass is 127. The Morgan fingerprint density at radius 3 is 2.50 bits per heavy atom. The zero-order chi connectivity index (χ0) is 10.8. The molecule has 0 aliphatic rings. The minimum atomic E-state index is -3.23. The molecule has 74 valence electrons. The molecule has 14 heavy (non-hydrogen) atoms. The first kappa shape index (κ1) is 12.0. The van der Waals surface area contributed by atoms with E-state index in [1.54, 1.807) is 6.07 Å². The van der Waals surface area contributed by atoms with Gasteiger partial charge in [-0.1, -0.05) is 15.9 Å². The molecule has 0 fully saturated rings. The molecule has 0 spiro atoms. The maximum absolute atomic E-state index is 10.8. The Kier molecular flexibility index (Phi) is 3.98. The zero-order valence-corrected chi connectivity index (χ0v) is 11.8. The molecule has 0 unspecified atom stereocenters. The molecule has 1 aromatic carbocycles. The van der Waals surface area contributed by atoms with E-state index in [1.807, 2.05) is 12.1 Å². The van der Waals surface area contributed by atoms with Gasteiger partial charge in [0, 0.05) is 18.9 Å². The van der Waals surface area contributed by atoms with Crippen LogP contribution in [0.15, 0.2) is 22.7 Å². The molecular formula is C9H6BrIO2S. The molecule has 0 aromatic heterocycles. The summed E-state index contributed by atoms with van der Waals surface area (Å²) in [7, 11) is -3.23. The van der Waals surface area contributed by atoms with Crippen LogP contribution in [0.4, 0.5) is 0 Å². The molecule has 5 heteroatoms. The minimum Gasteiger partial charge on any atom is -0.216 e. The SMILES string of the molecule is CS(=O)(=O)C#Cc1cc(Br)cc(I)c1. The van der Waals surface area contributed by atoms with Gasteiger partial charge in [-0.15, -0.1) is 0 Å². The molecule has 1 aromatic rings. The molecule has 0 saturated carbocycles. The fourth-order valence-corrected chi connectivity index (χ4v) is 2.67. The maximum atomic E-state index is 10.8. The van der Waals surface area contributed by atoms with Gasteiger partial charge in [-0.3, -0.25) is 0 Å². The van der Waals surface area contributed by atoms with Gasteiger partial charge in [-0.25, -0.2) is 8.42 Å². The molecule has 0 amide bonds. The Morgan fingerprint density at radius 2 is 2.00 bits per heavy atom. The molecule has 0 atom stereocenters. The number of hydrogen-bond acceptors (Lipinski definition) is 2. The van der Waals surface area contributed by atoms with Crippen LogP contribution in [0.3, 0.4) is 0 Å². The van der Waals surface area contributed by atoms with Crippen molar-refractivity contribution in [2.45, 2.75) is 0 Å². The lowest BCUT2D eigenvalue weighted by atomic mass is 10.2. The first-order valence-electron chi connectivity index (χ1n) is 3.56. The van der Waals surface area contributed by atoms with Gasteiger partial charge in [-0.2, -0.15) is 0 Å². The van der Waals surface area contributed by atoms with Crippen LogP contribution in [0, 0.1) is 14.7 Å². The molecule has 0 bridgehead atoms. The summed E-state index contributed by atoms with van der Waals surface area (Å²) in [6.45, 7) is 0. The van der Waals surface area contributed by atoms with E-state index in [4.69, 9.17) is 0 Å². The minimum absolute atomic E-state index is 0.689. The van der Waals surface area contributed by atoms with Crippen LogP contribution in [-0.4, -0.2) is 14.7 Å². The highest BCUT2D eigenvalue weighted by Gasteiger charge is 1.96. The second-order valence-electron chi connectivity index (χ2n) is 2.66. The van der Waals surface area contributed by atoms with Gasteiger partial charge in [0.25, 0.3) is 0 Å². The van der Waals surface area contributed by atoms with Crippen LogP contribution in [0.5, 0.6) is 0 Å². The van der Waals surface area contributed by atoms with E-state index in [0.29, 0.717) is 5.56 Å². The summed E-state index contributed by atoms with van der Waals surface area (Å²) in [5.41, 5.74) is 0.689. The summed E-state index contributed by atoms with van der Waals surface area (Å²) < 4.78 is 23.5. The number of benzene rings is 1. The summed E-state index contributed by atoms with van der Waals surface area (Å²) in [6.07, 6.45) is 1.09. The third kappa shape index (κ3) is 4.44. The third-order valence-electron chi connectivity index (χ3n) is 1.24. The van der Waals surface area contributed by atoms with Crippen LogP contribution in [0.1, 0.15) is 5.56 Å². The number of halogens is 2. The van der Waals surface area contributed by atoms with Crippen LogP contribution in [0.2, 0.25) is 0 Å². The van der Waals surface area contributed by atoms with Gasteiger partial charge in [0.1, 0.15) is 0 Å². The molecule has 0 radical (unpaired) electrons. The smallest absolute Gasteiger partial charge is 0.214 e. The Hall–Kier alpha value is -0.0600. The molecule has 1 rings (SSSR count). The molecule has 0 saturated heterocycles. The van der Waals surface area contributed by atoms with Crippen molar-refractivity contribution in [3.63, 3.8) is 0 Å². The van der Waals surface area contributed by atoms with Crippen LogP contribution in [0.25, 0.3) is 0 Å². The van der Waals surface area contributed by atoms with Crippen molar-refractivity contribution in [3.05, 3.63) is 31.8 Å². The average molecular weight is 385 g/mol. The van der Waals surface area contributed by atoms with Crippen molar-refractivity contribution >= 4 is 48.4 Å². The van der Waals surface area contributed by atoms with Gasteiger partial charge in [0.15, 0.2) is 0 Å². The van der Waals surface area contributed by atoms with E-state index in [2.05, 4.69) is 49.7 Å². The molecular weight excluding hydrogens is 379 g/mol. The Labute approximate surface area is 105 Å². The predicted octanol–water partition coefficient (Wildman–Crippen LogP) is 2.41. The van der Waals surface area contributed by atoms with Gasteiger partial charge in [0.2, 0.25) is 9.84 Å². The molecule has 0 aliphatic heterocycles. The van der Waals surface area contributed by atoms with Crippen molar-refractivity contribution in [1.82, 2.24) is 0 Å². The second-order valence-corrected chi connectivity index (χ2v) is 6.57. The highest BCUT2D eigenvalue weighted by molar-refractivity contribution is 14.1. The summed E-state index contributed by atoms with van der Waals surface area (Å²) in [6, 6.07) is 5.52. The molecule has 0 N–H and O–H groups in total. The number of sulfone groups is 1. The van der Waals surface area contributed by atoms with Crippen molar-refractivity contribution in [3.8, 4) is 11.2 Å². The molecule has 0 aliphatic carbocycles. The number of rotatable bonds is 0. The Balaban J connectivity index is 3.14. The Morgan fingerprint density at radius 1 is 1.36 bits per heavy atom. The monoisotopic (exact) mass is 384 g/mol. The quantitative estimate of drug-likeness (QED) is 0.508. The lowest BCUT2D eigenvalue weighted by Gasteiger charge is -1.94. The maximum Gasteiger partial charge on any atom is 0.214 e. The summed E-state index contributed by atoms with van der Waals surface area (Å²) in [5, 5.41) is 2.19. The highest BCUT2D eigenvalue weighted by Crippen LogP contribution is 2.16. The lowest BCUT2D eigenvalue weighted by molar-refractivity contribution is 0.611. The lowest BCUT2D eigenvalue weighted by Crippen LogP contribution is -1.89. The van der Waals surface area contributed by atoms with Gasteiger partial charge < -0.3 is 0 Å².